The van der Waals surface area contributed by atoms with Crippen LogP contribution >= 0.6 is 0 Å². The molecule has 0 fully saturated rings. The standard InChI is InChI=1S/C12H12O2/c1-3-9-7-14-12-8(2)5-4-6-10(12)11(9)13/h3-6H,7H2,1-2H3/b9-3+. The summed E-state index contributed by atoms with van der Waals surface area (Å²) in [6, 6.07) is 5.65. The van der Waals surface area contributed by atoms with Crippen LogP contribution in [0.1, 0.15) is 22.8 Å². The number of ether oxygens (including phenoxy) is 1. The molecule has 1 aromatic carbocycles. The molecule has 14 heavy (non-hydrogen) atoms. The van der Waals surface area contributed by atoms with Crippen molar-refractivity contribution in [1.29, 1.82) is 0 Å². The van der Waals surface area contributed by atoms with E-state index in [-0.39, 0.29) is 5.78 Å². The molecule has 1 aliphatic heterocycles. The highest BCUT2D eigenvalue weighted by molar-refractivity contribution is 6.11. The molecule has 2 heteroatoms. The number of benzene rings is 1. The Morgan fingerprint density at radius 3 is 2.93 bits per heavy atom. The van der Waals surface area contributed by atoms with E-state index in [1.165, 1.54) is 0 Å². The number of allylic oxidation sites excluding steroid dienone is 1. The Bertz CT molecular complexity index is 416. The lowest BCUT2D eigenvalue weighted by atomic mass is 9.98. The molecule has 0 bridgehead atoms. The first-order valence-corrected chi connectivity index (χ1v) is 4.66. The summed E-state index contributed by atoms with van der Waals surface area (Å²) in [7, 11) is 0. The molecule has 2 nitrogen and oxygen atoms in total. The summed E-state index contributed by atoms with van der Waals surface area (Å²) in [5.41, 5.74) is 2.44. The largest absolute Gasteiger partial charge is 0.488 e. The topological polar surface area (TPSA) is 26.3 Å². The SMILES string of the molecule is C/C=C1\COc2c(C)cccc2C1=O. The number of carbonyl (C=O) groups is 1. The second-order valence-electron chi connectivity index (χ2n) is 3.38. The molecule has 0 unspecified atom stereocenters. The van der Waals surface area contributed by atoms with Crippen molar-refractivity contribution in [1.82, 2.24) is 0 Å². The summed E-state index contributed by atoms with van der Waals surface area (Å²) >= 11 is 0. The van der Waals surface area contributed by atoms with Crippen molar-refractivity contribution >= 4 is 5.78 Å². The van der Waals surface area contributed by atoms with E-state index in [9.17, 15) is 4.79 Å². The van der Waals surface area contributed by atoms with Crippen molar-refractivity contribution in [2.75, 3.05) is 6.61 Å². The monoisotopic (exact) mass is 188 g/mol. The summed E-state index contributed by atoms with van der Waals surface area (Å²) < 4.78 is 5.54. The second-order valence-corrected chi connectivity index (χ2v) is 3.38. The molecule has 72 valence electrons. The molecule has 1 aliphatic rings. The van der Waals surface area contributed by atoms with Crippen LogP contribution in [0.25, 0.3) is 0 Å². The Morgan fingerprint density at radius 1 is 1.43 bits per heavy atom. The maximum Gasteiger partial charge on any atom is 0.195 e. The number of hydrogen-bond acceptors (Lipinski definition) is 2. The van der Waals surface area contributed by atoms with Crippen molar-refractivity contribution in [2.24, 2.45) is 0 Å². The third-order valence-corrected chi connectivity index (χ3v) is 2.47. The average Bonchev–Trinajstić information content (AvgIpc) is 2.20. The molecule has 0 atom stereocenters. The minimum Gasteiger partial charge on any atom is -0.488 e. The summed E-state index contributed by atoms with van der Waals surface area (Å²) in [6.07, 6.45) is 1.81. The first kappa shape index (κ1) is 9.00. The normalized spacial score (nSPS) is 17.9. The van der Waals surface area contributed by atoms with E-state index < -0.39 is 0 Å². The van der Waals surface area contributed by atoms with Crippen molar-refractivity contribution in [3.8, 4) is 5.75 Å². The minimum atomic E-state index is 0.0949. The number of aryl methyl sites for hydroxylation is 1. The van der Waals surface area contributed by atoms with Crippen molar-refractivity contribution in [3.63, 3.8) is 0 Å². The molecule has 0 spiro atoms. The molecule has 2 rings (SSSR count). The number of ketones is 1. The second kappa shape index (κ2) is 3.29. The van der Waals surface area contributed by atoms with E-state index in [0.717, 1.165) is 16.9 Å². The molecule has 0 saturated carbocycles. The molecule has 0 aromatic heterocycles. The zero-order valence-electron chi connectivity index (χ0n) is 8.33. The van der Waals surface area contributed by atoms with Crippen LogP contribution in [0, 0.1) is 6.92 Å². The number of hydrogen-bond donors (Lipinski definition) is 0. The molecule has 0 saturated heterocycles. The fourth-order valence-corrected chi connectivity index (χ4v) is 1.63. The zero-order valence-corrected chi connectivity index (χ0v) is 8.33. The molecule has 0 N–H and O–H groups in total. The minimum absolute atomic E-state index is 0.0949. The molecule has 0 radical (unpaired) electrons. The number of para-hydroxylation sites is 1. The van der Waals surface area contributed by atoms with Gasteiger partial charge in [-0.25, -0.2) is 0 Å². The van der Waals surface area contributed by atoms with Gasteiger partial charge in [0.15, 0.2) is 5.78 Å². The summed E-state index contributed by atoms with van der Waals surface area (Å²) in [6.45, 7) is 4.21. The Morgan fingerprint density at radius 2 is 2.21 bits per heavy atom. The van der Waals surface area contributed by atoms with E-state index >= 15 is 0 Å². The molecule has 1 heterocycles. The predicted molar refractivity (Wildman–Crippen MR) is 54.8 cm³/mol. The summed E-state index contributed by atoms with van der Waals surface area (Å²) in [5.74, 6) is 0.834. The Hall–Kier alpha value is -1.57. The maximum atomic E-state index is 11.9. The van der Waals surface area contributed by atoms with Crippen LogP contribution < -0.4 is 4.74 Å². The molecule has 0 amide bonds. The van der Waals surface area contributed by atoms with Gasteiger partial charge < -0.3 is 4.74 Å². The van der Waals surface area contributed by atoms with Crippen LogP contribution in [0.3, 0.4) is 0 Å². The van der Waals surface area contributed by atoms with Gasteiger partial charge in [-0.2, -0.15) is 0 Å². The highest BCUT2D eigenvalue weighted by Gasteiger charge is 2.23. The van der Waals surface area contributed by atoms with E-state index in [1.807, 2.05) is 38.1 Å². The lowest BCUT2D eigenvalue weighted by Gasteiger charge is -2.20. The predicted octanol–water partition coefficient (Wildman–Crippen LogP) is 2.52. The Balaban J connectivity index is 2.57. The van der Waals surface area contributed by atoms with E-state index in [2.05, 4.69) is 0 Å². The van der Waals surface area contributed by atoms with Crippen LogP contribution in [-0.2, 0) is 0 Å². The van der Waals surface area contributed by atoms with Gasteiger partial charge in [0.1, 0.15) is 12.4 Å². The van der Waals surface area contributed by atoms with Crippen LogP contribution in [0.15, 0.2) is 29.8 Å². The lowest BCUT2D eigenvalue weighted by molar-refractivity contribution is 0.0998. The van der Waals surface area contributed by atoms with Gasteiger partial charge in [-0.15, -0.1) is 0 Å². The van der Waals surface area contributed by atoms with Gasteiger partial charge in [-0.3, -0.25) is 4.79 Å². The van der Waals surface area contributed by atoms with Crippen LogP contribution in [0.5, 0.6) is 5.75 Å². The Labute approximate surface area is 83.2 Å². The maximum absolute atomic E-state index is 11.9. The third kappa shape index (κ3) is 1.23. The van der Waals surface area contributed by atoms with Crippen molar-refractivity contribution in [2.45, 2.75) is 13.8 Å². The van der Waals surface area contributed by atoms with Crippen molar-refractivity contribution in [3.05, 3.63) is 41.0 Å². The Kier molecular flexibility index (Phi) is 2.12. The van der Waals surface area contributed by atoms with Gasteiger partial charge in [-0.1, -0.05) is 18.2 Å². The van der Waals surface area contributed by atoms with Gasteiger partial charge in [0.25, 0.3) is 0 Å². The highest BCUT2D eigenvalue weighted by atomic mass is 16.5. The quantitative estimate of drug-likeness (QED) is 0.585. The lowest BCUT2D eigenvalue weighted by Crippen LogP contribution is -2.19. The first-order chi connectivity index (χ1) is 6.74. The summed E-state index contributed by atoms with van der Waals surface area (Å²) in [5, 5.41) is 0. The van der Waals surface area contributed by atoms with Crippen LogP contribution in [0.2, 0.25) is 0 Å². The van der Waals surface area contributed by atoms with E-state index in [0.29, 0.717) is 12.2 Å². The van der Waals surface area contributed by atoms with Gasteiger partial charge in [0.05, 0.1) is 5.56 Å². The van der Waals surface area contributed by atoms with Crippen LogP contribution in [-0.4, -0.2) is 12.4 Å². The van der Waals surface area contributed by atoms with Crippen molar-refractivity contribution < 1.29 is 9.53 Å². The van der Waals surface area contributed by atoms with E-state index in [4.69, 9.17) is 4.74 Å². The molecule has 1 aromatic rings. The first-order valence-electron chi connectivity index (χ1n) is 4.66. The van der Waals surface area contributed by atoms with E-state index in [1.54, 1.807) is 0 Å². The molecule has 0 aliphatic carbocycles. The van der Waals surface area contributed by atoms with Gasteiger partial charge in [0.2, 0.25) is 0 Å². The number of Topliss-reactive ketones (excluding diaryl/α,β-unsaturated/α-hetero) is 1. The van der Waals surface area contributed by atoms with Gasteiger partial charge in [0, 0.05) is 5.57 Å². The van der Waals surface area contributed by atoms with Gasteiger partial charge in [-0.05, 0) is 25.5 Å². The van der Waals surface area contributed by atoms with Gasteiger partial charge >= 0.3 is 0 Å². The zero-order chi connectivity index (χ0) is 10.1. The van der Waals surface area contributed by atoms with Crippen LogP contribution in [0.4, 0.5) is 0 Å². The number of rotatable bonds is 0. The molecular weight excluding hydrogens is 176 g/mol. The average molecular weight is 188 g/mol. The highest BCUT2D eigenvalue weighted by Crippen LogP contribution is 2.29. The fourth-order valence-electron chi connectivity index (χ4n) is 1.63. The fraction of sp³-hybridized carbons (Fsp3) is 0.250. The third-order valence-electron chi connectivity index (χ3n) is 2.47. The molecular formula is C12H12O2. The smallest absolute Gasteiger partial charge is 0.195 e. The number of fused-ring (bicyclic) bond motifs is 1. The summed E-state index contributed by atoms with van der Waals surface area (Å²) in [4.78, 5) is 11.9. The number of carbonyl (C=O) groups excluding carboxylic acids is 1.